The van der Waals surface area contributed by atoms with E-state index in [9.17, 15) is 0 Å². The predicted octanol–water partition coefficient (Wildman–Crippen LogP) is 2.09. The van der Waals surface area contributed by atoms with Gasteiger partial charge >= 0.3 is 0 Å². The number of ether oxygens (including phenoxy) is 1. The molecule has 0 fully saturated rings. The van der Waals surface area contributed by atoms with Crippen LogP contribution in [0.15, 0.2) is 18.2 Å². The lowest BCUT2D eigenvalue weighted by atomic mass is 10.0. The molecule has 1 aromatic carbocycles. The van der Waals surface area contributed by atoms with E-state index in [1.54, 1.807) is 13.2 Å². The van der Waals surface area contributed by atoms with Crippen LogP contribution in [0, 0.1) is 0 Å². The Hall–Kier alpha value is -0.770. The van der Waals surface area contributed by atoms with Gasteiger partial charge in [0.25, 0.3) is 0 Å². The summed E-state index contributed by atoms with van der Waals surface area (Å²) in [6, 6.07) is 5.34. The van der Waals surface area contributed by atoms with Crippen molar-refractivity contribution in [2.45, 2.75) is 25.4 Å². The number of rotatable bonds is 4. The molecule has 2 atom stereocenters. The van der Waals surface area contributed by atoms with Gasteiger partial charge in [-0.3, -0.25) is 0 Å². The third-order valence-electron chi connectivity index (χ3n) is 2.22. The zero-order valence-electron chi connectivity index (χ0n) is 9.03. The summed E-state index contributed by atoms with van der Waals surface area (Å²) in [5, 5.41) is 0.658. The highest BCUT2D eigenvalue weighted by molar-refractivity contribution is 6.30. The second-order valence-corrected chi connectivity index (χ2v) is 4.14. The van der Waals surface area contributed by atoms with Crippen LogP contribution >= 0.6 is 11.6 Å². The number of halogens is 1. The van der Waals surface area contributed by atoms with E-state index in [2.05, 4.69) is 0 Å². The van der Waals surface area contributed by atoms with E-state index in [-0.39, 0.29) is 12.1 Å². The molecule has 4 N–H and O–H groups in total. The molecule has 1 rings (SSSR count). The van der Waals surface area contributed by atoms with Crippen molar-refractivity contribution in [2.24, 2.45) is 11.5 Å². The van der Waals surface area contributed by atoms with Crippen molar-refractivity contribution < 1.29 is 4.74 Å². The SMILES string of the molecule is COc1ccc(Cl)cc1C(N)CC(C)N. The smallest absolute Gasteiger partial charge is 0.123 e. The number of nitrogens with two attached hydrogens (primary N) is 2. The van der Waals surface area contributed by atoms with Crippen molar-refractivity contribution in [3.63, 3.8) is 0 Å². The molecule has 0 spiro atoms. The standard InChI is InChI=1S/C11H17ClN2O/c1-7(13)5-10(14)9-6-8(12)3-4-11(9)15-2/h3-4,6-7,10H,5,13-14H2,1-2H3. The lowest BCUT2D eigenvalue weighted by Crippen LogP contribution is -2.23. The van der Waals surface area contributed by atoms with Crippen LogP contribution in [0.25, 0.3) is 0 Å². The topological polar surface area (TPSA) is 61.3 Å². The van der Waals surface area contributed by atoms with Gasteiger partial charge in [0.2, 0.25) is 0 Å². The molecule has 1 aromatic rings. The van der Waals surface area contributed by atoms with E-state index in [4.69, 9.17) is 27.8 Å². The average molecular weight is 229 g/mol. The van der Waals surface area contributed by atoms with Gasteiger partial charge in [0, 0.05) is 22.7 Å². The third-order valence-corrected chi connectivity index (χ3v) is 2.45. The molecule has 0 aliphatic carbocycles. The second kappa shape index (κ2) is 5.35. The second-order valence-electron chi connectivity index (χ2n) is 3.71. The molecule has 0 saturated carbocycles. The Balaban J connectivity index is 2.94. The molecule has 84 valence electrons. The first-order chi connectivity index (χ1) is 7.04. The van der Waals surface area contributed by atoms with Gasteiger partial charge in [0.1, 0.15) is 5.75 Å². The first-order valence-electron chi connectivity index (χ1n) is 4.89. The van der Waals surface area contributed by atoms with Crippen LogP contribution < -0.4 is 16.2 Å². The molecular weight excluding hydrogens is 212 g/mol. The Kier molecular flexibility index (Phi) is 4.39. The summed E-state index contributed by atoms with van der Waals surface area (Å²) in [4.78, 5) is 0. The zero-order chi connectivity index (χ0) is 11.4. The largest absolute Gasteiger partial charge is 0.496 e. The fraction of sp³-hybridized carbons (Fsp3) is 0.455. The van der Waals surface area contributed by atoms with Gasteiger partial charge in [0.15, 0.2) is 0 Å². The van der Waals surface area contributed by atoms with Crippen LogP contribution in [-0.2, 0) is 0 Å². The van der Waals surface area contributed by atoms with Crippen LogP contribution in [-0.4, -0.2) is 13.2 Å². The van der Waals surface area contributed by atoms with E-state index in [1.807, 2.05) is 19.1 Å². The Morgan fingerprint density at radius 2 is 2.07 bits per heavy atom. The molecular formula is C11H17ClN2O. The van der Waals surface area contributed by atoms with Gasteiger partial charge in [-0.15, -0.1) is 0 Å². The van der Waals surface area contributed by atoms with Gasteiger partial charge < -0.3 is 16.2 Å². The highest BCUT2D eigenvalue weighted by atomic mass is 35.5. The molecule has 2 unspecified atom stereocenters. The molecule has 4 heteroatoms. The fourth-order valence-corrected chi connectivity index (χ4v) is 1.70. The third kappa shape index (κ3) is 3.38. The Morgan fingerprint density at radius 3 is 2.60 bits per heavy atom. The number of methoxy groups -OCH3 is 1. The molecule has 0 bridgehead atoms. The fourth-order valence-electron chi connectivity index (χ4n) is 1.52. The Labute approximate surface area is 95.4 Å². The van der Waals surface area contributed by atoms with Gasteiger partial charge in [0.05, 0.1) is 7.11 Å². The van der Waals surface area contributed by atoms with Gasteiger partial charge in [-0.2, -0.15) is 0 Å². The molecule has 0 amide bonds. The molecule has 0 saturated heterocycles. The maximum atomic E-state index is 6.02. The molecule has 0 radical (unpaired) electrons. The van der Waals surface area contributed by atoms with E-state index in [0.29, 0.717) is 11.4 Å². The minimum atomic E-state index is -0.140. The van der Waals surface area contributed by atoms with Crippen LogP contribution in [0.2, 0.25) is 5.02 Å². The summed E-state index contributed by atoms with van der Waals surface area (Å²) in [6.45, 7) is 1.93. The first-order valence-corrected chi connectivity index (χ1v) is 5.27. The van der Waals surface area contributed by atoms with Crippen LogP contribution in [0.4, 0.5) is 0 Å². The Morgan fingerprint density at radius 1 is 1.40 bits per heavy atom. The van der Waals surface area contributed by atoms with E-state index in [0.717, 1.165) is 11.3 Å². The van der Waals surface area contributed by atoms with Crippen LogP contribution in [0.1, 0.15) is 24.9 Å². The number of benzene rings is 1. The van der Waals surface area contributed by atoms with Gasteiger partial charge in [-0.25, -0.2) is 0 Å². The van der Waals surface area contributed by atoms with E-state index in [1.165, 1.54) is 0 Å². The number of hydrogen-bond acceptors (Lipinski definition) is 3. The van der Waals surface area contributed by atoms with Crippen molar-refractivity contribution in [1.82, 2.24) is 0 Å². The van der Waals surface area contributed by atoms with Crippen molar-refractivity contribution >= 4 is 11.6 Å². The monoisotopic (exact) mass is 228 g/mol. The summed E-state index contributed by atoms with van der Waals surface area (Å²) < 4.78 is 5.22. The molecule has 3 nitrogen and oxygen atoms in total. The van der Waals surface area contributed by atoms with Crippen LogP contribution in [0.3, 0.4) is 0 Å². The average Bonchev–Trinajstić information content (AvgIpc) is 2.16. The van der Waals surface area contributed by atoms with Crippen molar-refractivity contribution in [3.05, 3.63) is 28.8 Å². The maximum absolute atomic E-state index is 6.02. The number of hydrogen-bond donors (Lipinski definition) is 2. The zero-order valence-corrected chi connectivity index (χ0v) is 9.79. The van der Waals surface area contributed by atoms with Crippen LogP contribution in [0.5, 0.6) is 5.75 Å². The van der Waals surface area contributed by atoms with E-state index < -0.39 is 0 Å². The molecule has 15 heavy (non-hydrogen) atoms. The predicted molar refractivity (Wildman–Crippen MR) is 63.2 cm³/mol. The van der Waals surface area contributed by atoms with Crippen molar-refractivity contribution in [2.75, 3.05) is 7.11 Å². The maximum Gasteiger partial charge on any atom is 0.123 e. The first kappa shape index (κ1) is 12.3. The van der Waals surface area contributed by atoms with E-state index >= 15 is 0 Å². The molecule has 0 aliphatic heterocycles. The highest BCUT2D eigenvalue weighted by Crippen LogP contribution is 2.28. The molecule has 0 aromatic heterocycles. The normalized spacial score (nSPS) is 14.7. The molecule has 0 aliphatic rings. The summed E-state index contributed by atoms with van der Waals surface area (Å²) >= 11 is 5.91. The van der Waals surface area contributed by atoms with Crippen molar-refractivity contribution in [3.8, 4) is 5.75 Å². The summed E-state index contributed by atoms with van der Waals surface area (Å²) in [6.07, 6.45) is 0.705. The summed E-state index contributed by atoms with van der Waals surface area (Å²) in [5.74, 6) is 0.757. The minimum absolute atomic E-state index is 0.0590. The minimum Gasteiger partial charge on any atom is -0.496 e. The van der Waals surface area contributed by atoms with Gasteiger partial charge in [-0.1, -0.05) is 11.6 Å². The lowest BCUT2D eigenvalue weighted by molar-refractivity contribution is 0.402. The van der Waals surface area contributed by atoms with Gasteiger partial charge in [-0.05, 0) is 31.5 Å². The highest BCUT2D eigenvalue weighted by Gasteiger charge is 2.13. The van der Waals surface area contributed by atoms with Crippen molar-refractivity contribution in [1.29, 1.82) is 0 Å². The molecule has 0 heterocycles. The Bertz CT molecular complexity index is 328. The lowest BCUT2D eigenvalue weighted by Gasteiger charge is -2.17. The summed E-state index contributed by atoms with van der Waals surface area (Å²) in [5.41, 5.74) is 12.6. The summed E-state index contributed by atoms with van der Waals surface area (Å²) in [7, 11) is 1.62. The quantitative estimate of drug-likeness (QED) is 0.830.